The second-order valence-corrected chi connectivity index (χ2v) is 8.10. The molecular weight excluding hydrogens is 429 g/mol. The predicted molar refractivity (Wildman–Crippen MR) is 125 cm³/mol. The van der Waals surface area contributed by atoms with E-state index in [1.807, 2.05) is 48.5 Å². The Kier molecular flexibility index (Phi) is 8.99. The van der Waals surface area contributed by atoms with Crippen molar-refractivity contribution in [3.63, 3.8) is 0 Å². The van der Waals surface area contributed by atoms with E-state index >= 15 is 0 Å². The number of nitrogens with zero attached hydrogens (tertiary/aromatic N) is 2. The third-order valence-electron chi connectivity index (χ3n) is 5.07. The van der Waals surface area contributed by atoms with Crippen molar-refractivity contribution in [1.82, 2.24) is 9.88 Å². The normalized spacial score (nSPS) is 15.9. The quantitative estimate of drug-likeness (QED) is 0.550. The maximum atomic E-state index is 10.9. The van der Waals surface area contributed by atoms with Crippen LogP contribution in [0.1, 0.15) is 12.8 Å². The topological polar surface area (TPSA) is 57.6 Å². The molecule has 1 fully saturated rings. The molecule has 1 aromatic heterocycles. The highest BCUT2D eigenvalue weighted by atomic mass is 35.5. The lowest BCUT2D eigenvalue weighted by Gasteiger charge is -2.38. The Balaban J connectivity index is 0.00000150. The Morgan fingerprint density at radius 3 is 2.45 bits per heavy atom. The Bertz CT molecular complexity index is 838. The SMILES string of the molecule is Cl.Cl.OC1(CNc2nc3ccccc3s2)CCN(CCOc2ccccc2)CC1. The van der Waals surface area contributed by atoms with Gasteiger partial charge in [-0.25, -0.2) is 4.98 Å². The molecule has 5 nitrogen and oxygen atoms in total. The first-order chi connectivity index (χ1) is 13.2. The van der Waals surface area contributed by atoms with Gasteiger partial charge < -0.3 is 15.2 Å². The van der Waals surface area contributed by atoms with E-state index in [0.29, 0.717) is 13.2 Å². The number of likely N-dealkylation sites (tertiary alicyclic amines) is 1. The van der Waals surface area contributed by atoms with Gasteiger partial charge in [0.25, 0.3) is 0 Å². The number of anilines is 1. The fourth-order valence-electron chi connectivity index (χ4n) is 3.37. The van der Waals surface area contributed by atoms with E-state index < -0.39 is 5.60 Å². The van der Waals surface area contributed by atoms with Crippen LogP contribution in [0.25, 0.3) is 10.2 Å². The molecule has 0 amide bonds. The minimum Gasteiger partial charge on any atom is -0.492 e. The highest BCUT2D eigenvalue weighted by Gasteiger charge is 2.32. The van der Waals surface area contributed by atoms with Gasteiger partial charge in [0.1, 0.15) is 12.4 Å². The van der Waals surface area contributed by atoms with Gasteiger partial charge in [0.2, 0.25) is 0 Å². The molecule has 1 aliphatic rings. The van der Waals surface area contributed by atoms with Crippen LogP contribution in [0.15, 0.2) is 54.6 Å². The minimum atomic E-state index is -0.672. The number of fused-ring (bicyclic) bond motifs is 1. The number of aliphatic hydroxyl groups is 1. The molecule has 8 heteroatoms. The van der Waals surface area contributed by atoms with Crippen molar-refractivity contribution in [2.45, 2.75) is 18.4 Å². The van der Waals surface area contributed by atoms with Crippen molar-refractivity contribution < 1.29 is 9.84 Å². The fraction of sp³-hybridized carbons (Fsp3) is 0.381. The molecule has 0 radical (unpaired) electrons. The second-order valence-electron chi connectivity index (χ2n) is 7.07. The van der Waals surface area contributed by atoms with Crippen LogP contribution in [-0.4, -0.2) is 53.4 Å². The number of benzene rings is 2. The van der Waals surface area contributed by atoms with E-state index in [9.17, 15) is 5.11 Å². The van der Waals surface area contributed by atoms with Crippen LogP contribution >= 0.6 is 36.2 Å². The third-order valence-corrected chi connectivity index (χ3v) is 6.06. The standard InChI is InChI=1S/C21H25N3O2S.2ClH/c25-21(16-22-20-23-18-8-4-5-9-19(18)27-20)10-12-24(13-11-21)14-15-26-17-6-2-1-3-7-17;;/h1-9,25H,10-16H2,(H,22,23);2*1H. The highest BCUT2D eigenvalue weighted by Crippen LogP contribution is 2.28. The van der Waals surface area contributed by atoms with E-state index in [1.165, 1.54) is 4.70 Å². The Hall–Kier alpha value is -1.57. The van der Waals surface area contributed by atoms with Crippen molar-refractivity contribution in [3.8, 4) is 5.75 Å². The second kappa shape index (κ2) is 11.0. The van der Waals surface area contributed by atoms with Gasteiger partial charge in [0.05, 0.1) is 15.8 Å². The highest BCUT2D eigenvalue weighted by molar-refractivity contribution is 7.22. The molecule has 2 heterocycles. The fourth-order valence-corrected chi connectivity index (χ4v) is 4.23. The van der Waals surface area contributed by atoms with E-state index in [4.69, 9.17) is 4.74 Å². The summed E-state index contributed by atoms with van der Waals surface area (Å²) in [6.45, 7) is 3.87. The molecular formula is C21H27Cl2N3O2S. The third kappa shape index (κ3) is 6.46. The first-order valence-electron chi connectivity index (χ1n) is 9.42. The molecule has 29 heavy (non-hydrogen) atoms. The zero-order valence-electron chi connectivity index (χ0n) is 16.1. The minimum absolute atomic E-state index is 0. The zero-order valence-corrected chi connectivity index (χ0v) is 18.6. The van der Waals surface area contributed by atoms with Gasteiger partial charge in [-0.15, -0.1) is 24.8 Å². The van der Waals surface area contributed by atoms with E-state index in [-0.39, 0.29) is 24.8 Å². The van der Waals surface area contributed by atoms with Crippen molar-refractivity contribution in [3.05, 3.63) is 54.6 Å². The summed E-state index contributed by atoms with van der Waals surface area (Å²) >= 11 is 1.63. The lowest BCUT2D eigenvalue weighted by Crippen LogP contribution is -2.49. The molecule has 3 aromatic rings. The summed E-state index contributed by atoms with van der Waals surface area (Å²) in [5.74, 6) is 0.908. The van der Waals surface area contributed by atoms with Gasteiger partial charge in [0, 0.05) is 26.2 Å². The number of rotatable bonds is 7. The van der Waals surface area contributed by atoms with Crippen LogP contribution < -0.4 is 10.1 Å². The van der Waals surface area contributed by atoms with Gasteiger partial charge in [-0.1, -0.05) is 41.7 Å². The average molecular weight is 456 g/mol. The number of halogens is 2. The summed E-state index contributed by atoms with van der Waals surface area (Å²) in [5.41, 5.74) is 0.333. The van der Waals surface area contributed by atoms with Crippen molar-refractivity contribution >= 4 is 51.5 Å². The molecule has 0 aliphatic carbocycles. The number of thiazole rings is 1. The summed E-state index contributed by atoms with van der Waals surface area (Å²) in [7, 11) is 0. The Morgan fingerprint density at radius 2 is 1.72 bits per heavy atom. The summed E-state index contributed by atoms with van der Waals surface area (Å²) in [4.78, 5) is 6.94. The Morgan fingerprint density at radius 1 is 1.03 bits per heavy atom. The van der Waals surface area contributed by atoms with Crippen LogP contribution in [0.5, 0.6) is 5.75 Å². The summed E-state index contributed by atoms with van der Waals surface area (Å²) < 4.78 is 6.94. The molecule has 4 rings (SSSR count). The molecule has 1 aliphatic heterocycles. The number of piperidine rings is 1. The van der Waals surface area contributed by atoms with Crippen LogP contribution in [0.3, 0.4) is 0 Å². The smallest absolute Gasteiger partial charge is 0.183 e. The zero-order chi connectivity index (χ0) is 18.5. The van der Waals surface area contributed by atoms with E-state index in [2.05, 4.69) is 21.3 Å². The van der Waals surface area contributed by atoms with Crippen LogP contribution in [0, 0.1) is 0 Å². The van der Waals surface area contributed by atoms with Gasteiger partial charge in [-0.05, 0) is 37.1 Å². The van der Waals surface area contributed by atoms with Gasteiger partial charge >= 0.3 is 0 Å². The monoisotopic (exact) mass is 455 g/mol. The number of ether oxygens (including phenoxy) is 1. The van der Waals surface area contributed by atoms with Gasteiger partial charge in [-0.2, -0.15) is 0 Å². The number of hydrogen-bond acceptors (Lipinski definition) is 6. The lowest BCUT2D eigenvalue weighted by atomic mass is 9.91. The number of aromatic nitrogens is 1. The van der Waals surface area contributed by atoms with E-state index in [0.717, 1.165) is 48.9 Å². The molecule has 2 N–H and O–H groups in total. The molecule has 1 saturated heterocycles. The molecule has 0 unspecified atom stereocenters. The molecule has 2 aromatic carbocycles. The molecule has 0 spiro atoms. The van der Waals surface area contributed by atoms with Gasteiger partial charge in [-0.3, -0.25) is 4.90 Å². The molecule has 0 bridgehead atoms. The summed E-state index contributed by atoms with van der Waals surface area (Å²) in [5, 5.41) is 15.1. The lowest BCUT2D eigenvalue weighted by molar-refractivity contribution is -0.0123. The van der Waals surface area contributed by atoms with Crippen molar-refractivity contribution in [2.24, 2.45) is 0 Å². The molecule has 0 saturated carbocycles. The first kappa shape index (κ1) is 23.7. The predicted octanol–water partition coefficient (Wildman–Crippen LogP) is 4.46. The van der Waals surface area contributed by atoms with Crippen LogP contribution in [-0.2, 0) is 0 Å². The number of para-hydroxylation sites is 2. The first-order valence-corrected chi connectivity index (χ1v) is 10.2. The molecule has 158 valence electrons. The molecule has 0 atom stereocenters. The van der Waals surface area contributed by atoms with Crippen molar-refractivity contribution in [2.75, 3.05) is 38.1 Å². The van der Waals surface area contributed by atoms with Crippen LogP contribution in [0.2, 0.25) is 0 Å². The van der Waals surface area contributed by atoms with Gasteiger partial charge in [0.15, 0.2) is 5.13 Å². The maximum absolute atomic E-state index is 10.9. The summed E-state index contributed by atoms with van der Waals surface area (Å²) in [6.07, 6.45) is 1.52. The largest absolute Gasteiger partial charge is 0.492 e. The Labute approximate surface area is 187 Å². The van der Waals surface area contributed by atoms with Crippen molar-refractivity contribution in [1.29, 1.82) is 0 Å². The number of nitrogens with one attached hydrogen (secondary N) is 1. The number of hydrogen-bond donors (Lipinski definition) is 2. The van der Waals surface area contributed by atoms with Crippen LogP contribution in [0.4, 0.5) is 5.13 Å². The van der Waals surface area contributed by atoms with E-state index in [1.54, 1.807) is 11.3 Å². The average Bonchev–Trinajstić information content (AvgIpc) is 3.12. The maximum Gasteiger partial charge on any atom is 0.183 e. The summed E-state index contributed by atoms with van der Waals surface area (Å²) in [6, 6.07) is 18.0.